The topological polar surface area (TPSA) is 75.6 Å². The number of methoxy groups -OCH3 is 1. The Balaban J connectivity index is 4.22. The first-order valence-corrected chi connectivity index (χ1v) is 7.58. The van der Waals surface area contributed by atoms with Gasteiger partial charge in [-0.25, -0.2) is 4.79 Å². The molecule has 0 saturated carbocycles. The second-order valence-electron chi connectivity index (χ2n) is 4.22. The van der Waals surface area contributed by atoms with Gasteiger partial charge in [0, 0.05) is 13.0 Å². The van der Waals surface area contributed by atoms with Gasteiger partial charge in [0.2, 0.25) is 5.91 Å². The van der Waals surface area contributed by atoms with Crippen molar-refractivity contribution in [2.45, 2.75) is 25.8 Å². The summed E-state index contributed by atoms with van der Waals surface area (Å²) >= 11 is 1.61. The Hall–Kier alpha value is -1.01. The van der Waals surface area contributed by atoms with E-state index in [1.807, 2.05) is 13.2 Å². The molecule has 0 spiro atoms. The summed E-state index contributed by atoms with van der Waals surface area (Å²) in [4.78, 5) is 23.2. The number of nitrogens with one attached hydrogen (secondary N) is 1. The van der Waals surface area contributed by atoms with Gasteiger partial charge in [0.25, 0.3) is 0 Å². The van der Waals surface area contributed by atoms with E-state index < -0.39 is 12.0 Å². The highest BCUT2D eigenvalue weighted by Gasteiger charge is 2.20. The van der Waals surface area contributed by atoms with E-state index in [0.29, 0.717) is 6.42 Å². The fourth-order valence-electron chi connectivity index (χ4n) is 1.35. The van der Waals surface area contributed by atoms with Crippen molar-refractivity contribution in [3.8, 4) is 0 Å². The van der Waals surface area contributed by atoms with Gasteiger partial charge in [-0.3, -0.25) is 4.79 Å². The molecule has 0 bridgehead atoms. The lowest BCUT2D eigenvalue weighted by atomic mass is 10.1. The zero-order valence-corrected chi connectivity index (χ0v) is 12.5. The Bertz CT molecular complexity index is 307. The summed E-state index contributed by atoms with van der Waals surface area (Å²) in [5, 5.41) is 11.5. The second-order valence-corrected chi connectivity index (χ2v) is 5.20. The highest BCUT2D eigenvalue weighted by Crippen LogP contribution is 2.03. The Morgan fingerprint density at radius 2 is 2.16 bits per heavy atom. The van der Waals surface area contributed by atoms with Gasteiger partial charge in [0.1, 0.15) is 6.04 Å². The fourth-order valence-corrected chi connectivity index (χ4v) is 1.82. The van der Waals surface area contributed by atoms with Crippen LogP contribution in [0.5, 0.6) is 0 Å². The molecule has 0 aromatic heterocycles. The number of amides is 1. The van der Waals surface area contributed by atoms with Gasteiger partial charge >= 0.3 is 5.97 Å². The van der Waals surface area contributed by atoms with Gasteiger partial charge in [-0.05, 0) is 24.3 Å². The number of hydrogen-bond acceptors (Lipinski definition) is 5. The third-order valence-corrected chi connectivity index (χ3v) is 3.13. The molecule has 19 heavy (non-hydrogen) atoms. The minimum Gasteiger partial charge on any atom is -0.467 e. The molecule has 110 valence electrons. The maximum atomic E-state index is 11.7. The van der Waals surface area contributed by atoms with Crippen LogP contribution in [0.2, 0.25) is 0 Å². The number of ether oxygens (including phenoxy) is 1. The van der Waals surface area contributed by atoms with Crippen LogP contribution in [0.15, 0.2) is 12.2 Å². The lowest BCUT2D eigenvalue weighted by Gasteiger charge is -2.15. The predicted molar refractivity (Wildman–Crippen MR) is 77.0 cm³/mol. The van der Waals surface area contributed by atoms with Crippen molar-refractivity contribution in [2.75, 3.05) is 25.7 Å². The first kappa shape index (κ1) is 18.0. The molecular formula is C13H23NO4S. The largest absolute Gasteiger partial charge is 0.467 e. The number of carbonyl (C=O) groups is 2. The normalized spacial score (nSPS) is 14.1. The lowest BCUT2D eigenvalue weighted by Crippen LogP contribution is -2.41. The standard InChI is InChI=1S/C13H23NO4S/c1-10(9-15)5-4-6-12(16)14-11(7-8-19-3)13(17)18-2/h4-5,10-11,15H,6-9H2,1-3H3,(H,14,16)/t10-,11+/m1/s1. The minimum atomic E-state index is -0.589. The van der Waals surface area contributed by atoms with E-state index in [1.54, 1.807) is 23.9 Å². The van der Waals surface area contributed by atoms with Crippen LogP contribution in [0.25, 0.3) is 0 Å². The van der Waals surface area contributed by atoms with Crippen LogP contribution in [-0.4, -0.2) is 48.8 Å². The zero-order chi connectivity index (χ0) is 14.7. The summed E-state index contributed by atoms with van der Waals surface area (Å²) in [6.07, 6.45) is 6.15. The van der Waals surface area contributed by atoms with Crippen molar-refractivity contribution in [1.82, 2.24) is 5.32 Å². The van der Waals surface area contributed by atoms with E-state index in [9.17, 15) is 9.59 Å². The van der Waals surface area contributed by atoms with E-state index in [2.05, 4.69) is 10.1 Å². The molecule has 0 unspecified atom stereocenters. The molecule has 5 nitrogen and oxygen atoms in total. The molecule has 0 rings (SSSR count). The summed E-state index contributed by atoms with van der Waals surface area (Å²) in [7, 11) is 1.31. The fraction of sp³-hybridized carbons (Fsp3) is 0.692. The molecule has 0 aliphatic rings. The van der Waals surface area contributed by atoms with Crippen LogP contribution in [0, 0.1) is 5.92 Å². The van der Waals surface area contributed by atoms with Crippen molar-refractivity contribution < 1.29 is 19.4 Å². The number of thioether (sulfide) groups is 1. The van der Waals surface area contributed by atoms with E-state index in [1.165, 1.54) is 7.11 Å². The van der Waals surface area contributed by atoms with Crippen molar-refractivity contribution in [3.05, 3.63) is 12.2 Å². The van der Waals surface area contributed by atoms with Crippen LogP contribution < -0.4 is 5.32 Å². The molecule has 6 heteroatoms. The van der Waals surface area contributed by atoms with E-state index in [0.717, 1.165) is 5.75 Å². The molecule has 0 radical (unpaired) electrons. The summed E-state index contributed by atoms with van der Waals surface area (Å²) < 4.78 is 4.66. The highest BCUT2D eigenvalue weighted by atomic mass is 32.2. The first-order chi connectivity index (χ1) is 9.04. The van der Waals surface area contributed by atoms with Crippen LogP contribution in [0.4, 0.5) is 0 Å². The van der Waals surface area contributed by atoms with E-state index >= 15 is 0 Å². The van der Waals surface area contributed by atoms with Crippen molar-refractivity contribution >= 4 is 23.6 Å². The molecular weight excluding hydrogens is 266 g/mol. The Morgan fingerprint density at radius 1 is 1.47 bits per heavy atom. The van der Waals surface area contributed by atoms with Gasteiger partial charge < -0.3 is 15.2 Å². The van der Waals surface area contributed by atoms with Gasteiger partial charge in [0.05, 0.1) is 7.11 Å². The van der Waals surface area contributed by atoms with Crippen molar-refractivity contribution in [2.24, 2.45) is 5.92 Å². The zero-order valence-electron chi connectivity index (χ0n) is 11.7. The predicted octanol–water partition coefficient (Wildman–Crippen LogP) is 0.972. The second kappa shape index (κ2) is 10.9. The number of hydrogen-bond donors (Lipinski definition) is 2. The van der Waals surface area contributed by atoms with Crippen LogP contribution in [0.1, 0.15) is 19.8 Å². The Kier molecular flexibility index (Phi) is 10.3. The molecule has 0 aliphatic carbocycles. The van der Waals surface area contributed by atoms with Crippen molar-refractivity contribution in [1.29, 1.82) is 0 Å². The SMILES string of the molecule is COC(=O)[C@H](CCSC)NC(=O)CC=C[C@@H](C)CO. The summed E-state index contributed by atoms with van der Waals surface area (Å²) in [5.41, 5.74) is 0. The molecule has 2 atom stereocenters. The van der Waals surface area contributed by atoms with Crippen LogP contribution >= 0.6 is 11.8 Å². The average Bonchev–Trinajstić information content (AvgIpc) is 2.42. The quantitative estimate of drug-likeness (QED) is 0.489. The number of carbonyl (C=O) groups excluding carboxylic acids is 2. The third-order valence-electron chi connectivity index (χ3n) is 2.49. The summed E-state index contributed by atoms with van der Waals surface area (Å²) in [6, 6.07) is -0.589. The van der Waals surface area contributed by atoms with E-state index in [-0.39, 0.29) is 24.9 Å². The minimum absolute atomic E-state index is 0.0284. The molecule has 0 heterocycles. The van der Waals surface area contributed by atoms with Crippen LogP contribution in [0.3, 0.4) is 0 Å². The van der Waals surface area contributed by atoms with Gasteiger partial charge in [-0.15, -0.1) is 0 Å². The molecule has 1 amide bonds. The smallest absolute Gasteiger partial charge is 0.328 e. The van der Waals surface area contributed by atoms with Gasteiger partial charge in [-0.2, -0.15) is 11.8 Å². The molecule has 0 aromatic carbocycles. The monoisotopic (exact) mass is 289 g/mol. The summed E-state index contributed by atoms with van der Waals surface area (Å²) in [6.45, 7) is 1.90. The number of aliphatic hydroxyl groups is 1. The van der Waals surface area contributed by atoms with Crippen LogP contribution in [-0.2, 0) is 14.3 Å². The average molecular weight is 289 g/mol. The molecule has 2 N–H and O–H groups in total. The number of rotatable bonds is 9. The van der Waals surface area contributed by atoms with Gasteiger partial charge in [-0.1, -0.05) is 19.1 Å². The lowest BCUT2D eigenvalue weighted by molar-refractivity contribution is -0.145. The molecule has 0 saturated heterocycles. The number of aliphatic hydroxyl groups excluding tert-OH is 1. The highest BCUT2D eigenvalue weighted by molar-refractivity contribution is 7.98. The van der Waals surface area contributed by atoms with Crippen molar-refractivity contribution in [3.63, 3.8) is 0 Å². The molecule has 0 aliphatic heterocycles. The molecule has 0 fully saturated rings. The maximum absolute atomic E-state index is 11.7. The first-order valence-electron chi connectivity index (χ1n) is 6.18. The van der Waals surface area contributed by atoms with Gasteiger partial charge in [0.15, 0.2) is 0 Å². The van der Waals surface area contributed by atoms with E-state index in [4.69, 9.17) is 5.11 Å². The summed E-state index contributed by atoms with van der Waals surface area (Å²) in [5.74, 6) is 0.158. The Labute approximate surface area is 118 Å². The number of esters is 1. The molecule has 0 aromatic rings. The third kappa shape index (κ3) is 8.67. The maximum Gasteiger partial charge on any atom is 0.328 e. The Morgan fingerprint density at radius 3 is 2.68 bits per heavy atom.